The number of carbonyl (C=O) groups is 2. The van der Waals surface area contributed by atoms with Gasteiger partial charge in [0, 0.05) is 31.5 Å². The number of rotatable bonds is 3. The number of imide groups is 1. The molecule has 1 aromatic rings. The molecule has 1 fully saturated rings. The first-order chi connectivity index (χ1) is 10.0. The molecule has 2 heterocycles. The van der Waals surface area contributed by atoms with Crippen LogP contribution in [0.5, 0.6) is 5.75 Å². The van der Waals surface area contributed by atoms with Crippen LogP contribution in [-0.2, 0) is 16.0 Å². The summed E-state index contributed by atoms with van der Waals surface area (Å²) in [6.07, 6.45) is 1.72. The zero-order chi connectivity index (χ0) is 15.0. The number of piperidine rings is 1. The number of likely N-dealkylation sites (N-methyl/N-ethyl adjacent to an activating group) is 1. The quantitative estimate of drug-likeness (QED) is 0.857. The van der Waals surface area contributed by atoms with E-state index < -0.39 is 0 Å². The Morgan fingerprint density at radius 1 is 1.43 bits per heavy atom. The molecule has 0 radical (unpaired) electrons. The van der Waals surface area contributed by atoms with Crippen LogP contribution >= 0.6 is 11.6 Å². The number of amides is 2. The molecule has 2 atom stereocenters. The molecule has 2 unspecified atom stereocenters. The molecule has 112 valence electrons. The van der Waals surface area contributed by atoms with E-state index in [1.54, 1.807) is 6.07 Å². The Kier molecular flexibility index (Phi) is 3.87. The molecule has 0 saturated carbocycles. The third-order valence-corrected chi connectivity index (χ3v) is 4.24. The summed E-state index contributed by atoms with van der Waals surface area (Å²) < 4.78 is 5.82. The highest BCUT2D eigenvalue weighted by atomic mass is 35.5. The largest absolute Gasteiger partial charge is 0.488 e. The van der Waals surface area contributed by atoms with Crippen molar-refractivity contribution in [2.75, 3.05) is 13.6 Å². The molecule has 2 aliphatic heterocycles. The SMILES string of the molecule is CN1C(=O)CCC(NCC2Cc3cc(Cl)ccc3O2)C1=O. The number of nitrogens with zero attached hydrogens (tertiary/aromatic N) is 1. The zero-order valence-corrected chi connectivity index (χ0v) is 12.5. The van der Waals surface area contributed by atoms with Crippen LogP contribution in [0.25, 0.3) is 0 Å². The standard InChI is InChI=1S/C15H17ClN2O3/c1-18-14(19)5-3-12(15(18)20)17-8-11-7-9-6-10(16)2-4-13(9)21-11/h2,4,6,11-12,17H,3,5,7-8H2,1H3. The minimum Gasteiger partial charge on any atom is -0.488 e. The lowest BCUT2D eigenvalue weighted by Crippen LogP contribution is -2.53. The number of fused-ring (bicyclic) bond motifs is 1. The third kappa shape index (κ3) is 2.89. The van der Waals surface area contributed by atoms with Crippen LogP contribution < -0.4 is 10.1 Å². The topological polar surface area (TPSA) is 58.6 Å². The summed E-state index contributed by atoms with van der Waals surface area (Å²) in [5, 5.41) is 3.91. The molecule has 2 amide bonds. The molecule has 0 aliphatic carbocycles. The van der Waals surface area contributed by atoms with Gasteiger partial charge in [-0.2, -0.15) is 0 Å². The average molecular weight is 309 g/mol. The Balaban J connectivity index is 1.55. The van der Waals surface area contributed by atoms with Gasteiger partial charge in [0.05, 0.1) is 6.04 Å². The lowest BCUT2D eigenvalue weighted by atomic mass is 10.0. The lowest BCUT2D eigenvalue weighted by Gasteiger charge is -2.29. The van der Waals surface area contributed by atoms with Crippen LogP contribution in [0.3, 0.4) is 0 Å². The fourth-order valence-corrected chi connectivity index (χ4v) is 2.98. The van der Waals surface area contributed by atoms with Crippen LogP contribution in [0.4, 0.5) is 0 Å². The first-order valence-electron chi connectivity index (χ1n) is 7.03. The van der Waals surface area contributed by atoms with E-state index in [0.29, 0.717) is 24.4 Å². The second kappa shape index (κ2) is 5.66. The number of nitrogens with one attached hydrogen (secondary N) is 1. The van der Waals surface area contributed by atoms with E-state index in [1.807, 2.05) is 12.1 Å². The maximum absolute atomic E-state index is 12.0. The molecule has 3 rings (SSSR count). The zero-order valence-electron chi connectivity index (χ0n) is 11.8. The lowest BCUT2D eigenvalue weighted by molar-refractivity contribution is -0.148. The number of carbonyl (C=O) groups excluding carboxylic acids is 2. The highest BCUT2D eigenvalue weighted by molar-refractivity contribution is 6.30. The van der Waals surface area contributed by atoms with Gasteiger partial charge in [-0.25, -0.2) is 0 Å². The van der Waals surface area contributed by atoms with E-state index >= 15 is 0 Å². The van der Waals surface area contributed by atoms with Gasteiger partial charge in [0.2, 0.25) is 11.8 Å². The molecule has 6 heteroatoms. The number of halogens is 1. The van der Waals surface area contributed by atoms with Crippen LogP contribution in [0.15, 0.2) is 18.2 Å². The highest BCUT2D eigenvalue weighted by Gasteiger charge is 2.32. The Bertz CT molecular complexity index is 590. The van der Waals surface area contributed by atoms with E-state index in [4.69, 9.17) is 16.3 Å². The fourth-order valence-electron chi connectivity index (χ4n) is 2.78. The van der Waals surface area contributed by atoms with Gasteiger partial charge in [0.25, 0.3) is 0 Å². The van der Waals surface area contributed by atoms with Crippen LogP contribution in [0.1, 0.15) is 18.4 Å². The van der Waals surface area contributed by atoms with Gasteiger partial charge in [-0.15, -0.1) is 0 Å². The number of hydrogen-bond donors (Lipinski definition) is 1. The van der Waals surface area contributed by atoms with Crippen LogP contribution in [0, 0.1) is 0 Å². The summed E-state index contributed by atoms with van der Waals surface area (Å²) in [5.41, 5.74) is 1.09. The maximum Gasteiger partial charge on any atom is 0.246 e. The van der Waals surface area contributed by atoms with E-state index in [1.165, 1.54) is 11.9 Å². The molecule has 1 N–H and O–H groups in total. The Morgan fingerprint density at radius 2 is 2.24 bits per heavy atom. The molecule has 21 heavy (non-hydrogen) atoms. The van der Waals surface area contributed by atoms with Crippen molar-refractivity contribution < 1.29 is 14.3 Å². The summed E-state index contributed by atoms with van der Waals surface area (Å²) in [6, 6.07) is 5.29. The second-order valence-electron chi connectivity index (χ2n) is 5.49. The molecule has 0 aromatic heterocycles. The first-order valence-corrected chi connectivity index (χ1v) is 7.41. The number of likely N-dealkylation sites (tertiary alicyclic amines) is 1. The van der Waals surface area contributed by atoms with Crippen molar-refractivity contribution in [1.29, 1.82) is 0 Å². The Morgan fingerprint density at radius 3 is 3.05 bits per heavy atom. The number of hydrogen-bond acceptors (Lipinski definition) is 4. The van der Waals surface area contributed by atoms with Crippen molar-refractivity contribution >= 4 is 23.4 Å². The van der Waals surface area contributed by atoms with Gasteiger partial charge in [0.15, 0.2) is 0 Å². The van der Waals surface area contributed by atoms with Crippen molar-refractivity contribution in [3.63, 3.8) is 0 Å². The predicted molar refractivity (Wildman–Crippen MR) is 78.4 cm³/mol. The number of ether oxygens (including phenoxy) is 1. The normalized spacial score (nSPS) is 25.0. The predicted octanol–water partition coefficient (Wildman–Crippen LogP) is 1.38. The second-order valence-corrected chi connectivity index (χ2v) is 5.92. The van der Waals surface area contributed by atoms with Crippen LogP contribution in [0.2, 0.25) is 5.02 Å². The minimum absolute atomic E-state index is 0.00537. The summed E-state index contributed by atoms with van der Waals surface area (Å²) in [5.74, 6) is 0.579. The van der Waals surface area contributed by atoms with Gasteiger partial charge in [0.1, 0.15) is 11.9 Å². The first kappa shape index (κ1) is 14.4. The van der Waals surface area contributed by atoms with Crippen molar-refractivity contribution in [2.24, 2.45) is 0 Å². The molecule has 5 nitrogen and oxygen atoms in total. The molecule has 1 aromatic carbocycles. The van der Waals surface area contributed by atoms with Gasteiger partial charge < -0.3 is 10.1 Å². The van der Waals surface area contributed by atoms with Gasteiger partial charge in [-0.1, -0.05) is 11.6 Å². The Labute approximate surface area is 128 Å². The molecular weight excluding hydrogens is 292 g/mol. The van der Waals surface area contributed by atoms with E-state index in [9.17, 15) is 9.59 Å². The van der Waals surface area contributed by atoms with Crippen LogP contribution in [-0.4, -0.2) is 42.5 Å². The Hall–Kier alpha value is -1.59. The summed E-state index contributed by atoms with van der Waals surface area (Å²) in [4.78, 5) is 24.6. The monoisotopic (exact) mass is 308 g/mol. The average Bonchev–Trinajstić information content (AvgIpc) is 2.86. The van der Waals surface area contributed by atoms with E-state index in [0.717, 1.165) is 17.7 Å². The molecule has 0 spiro atoms. The summed E-state index contributed by atoms with van der Waals surface area (Å²) in [6.45, 7) is 0.574. The molecule has 2 aliphatic rings. The maximum atomic E-state index is 12.0. The highest BCUT2D eigenvalue weighted by Crippen LogP contribution is 2.30. The summed E-state index contributed by atoms with van der Waals surface area (Å²) >= 11 is 5.97. The van der Waals surface area contributed by atoms with Crippen molar-refractivity contribution in [2.45, 2.75) is 31.4 Å². The van der Waals surface area contributed by atoms with E-state index in [2.05, 4.69) is 5.32 Å². The van der Waals surface area contributed by atoms with E-state index in [-0.39, 0.29) is 24.0 Å². The number of benzene rings is 1. The molecule has 1 saturated heterocycles. The molecular formula is C15H17ClN2O3. The van der Waals surface area contributed by atoms with Crippen molar-refractivity contribution in [1.82, 2.24) is 10.2 Å². The third-order valence-electron chi connectivity index (χ3n) is 4.01. The van der Waals surface area contributed by atoms with Gasteiger partial charge in [-0.3, -0.25) is 14.5 Å². The molecule has 0 bridgehead atoms. The fraction of sp³-hybridized carbons (Fsp3) is 0.467. The van der Waals surface area contributed by atoms with Crippen molar-refractivity contribution in [3.8, 4) is 5.75 Å². The van der Waals surface area contributed by atoms with Gasteiger partial charge in [-0.05, 0) is 30.2 Å². The van der Waals surface area contributed by atoms with Crippen molar-refractivity contribution in [3.05, 3.63) is 28.8 Å². The van der Waals surface area contributed by atoms with Gasteiger partial charge >= 0.3 is 0 Å². The smallest absolute Gasteiger partial charge is 0.246 e. The summed E-state index contributed by atoms with van der Waals surface area (Å²) in [7, 11) is 1.53. The minimum atomic E-state index is -0.302.